The highest BCUT2D eigenvalue weighted by molar-refractivity contribution is 5.80. The first kappa shape index (κ1) is 14.7. The summed E-state index contributed by atoms with van der Waals surface area (Å²) in [7, 11) is 1.84. The van der Waals surface area contributed by atoms with Crippen LogP contribution < -0.4 is 5.32 Å². The van der Waals surface area contributed by atoms with Crippen LogP contribution in [0, 0.1) is 5.92 Å². The summed E-state index contributed by atoms with van der Waals surface area (Å²) in [6.07, 6.45) is 4.06. The summed E-state index contributed by atoms with van der Waals surface area (Å²) in [5, 5.41) is 3.38. The van der Waals surface area contributed by atoms with Gasteiger partial charge in [-0.15, -0.1) is 0 Å². The van der Waals surface area contributed by atoms with Gasteiger partial charge >= 0.3 is 0 Å². The van der Waals surface area contributed by atoms with E-state index in [0.29, 0.717) is 12.5 Å². The van der Waals surface area contributed by atoms with Gasteiger partial charge in [0.1, 0.15) is 5.76 Å². The van der Waals surface area contributed by atoms with E-state index in [2.05, 4.69) is 45.5 Å². The first-order valence-corrected chi connectivity index (χ1v) is 7.87. The number of rotatable bonds is 4. The average Bonchev–Trinajstić information content (AvgIpc) is 3.21. The number of nitrogens with one attached hydrogen (secondary N) is 1. The van der Waals surface area contributed by atoms with E-state index in [1.165, 1.54) is 12.0 Å². The zero-order chi connectivity index (χ0) is 15.2. The second-order valence-corrected chi connectivity index (χ2v) is 5.77. The molecule has 1 aliphatic heterocycles. The monoisotopic (exact) mass is 297 g/mol. The Morgan fingerprint density at radius 3 is 2.86 bits per heavy atom. The van der Waals surface area contributed by atoms with Gasteiger partial charge in [0.25, 0.3) is 0 Å². The van der Waals surface area contributed by atoms with Crippen molar-refractivity contribution < 1.29 is 4.42 Å². The number of furan rings is 1. The summed E-state index contributed by atoms with van der Waals surface area (Å²) in [5.74, 6) is 2.60. The summed E-state index contributed by atoms with van der Waals surface area (Å²) < 4.78 is 5.36. The molecule has 1 aliphatic rings. The Morgan fingerprint density at radius 2 is 2.14 bits per heavy atom. The zero-order valence-corrected chi connectivity index (χ0v) is 13.0. The predicted molar refractivity (Wildman–Crippen MR) is 88.7 cm³/mol. The number of aliphatic imine (C=N–C) groups is 1. The minimum atomic E-state index is 0.680. The van der Waals surface area contributed by atoms with Gasteiger partial charge < -0.3 is 14.6 Å². The Morgan fingerprint density at radius 1 is 1.27 bits per heavy atom. The normalized spacial score (nSPS) is 18.7. The highest BCUT2D eigenvalue weighted by Gasteiger charge is 2.24. The molecule has 0 amide bonds. The fourth-order valence-electron chi connectivity index (χ4n) is 3.05. The third kappa shape index (κ3) is 3.70. The van der Waals surface area contributed by atoms with Crippen molar-refractivity contribution in [3.63, 3.8) is 0 Å². The molecule has 0 spiro atoms. The highest BCUT2D eigenvalue weighted by Crippen LogP contribution is 2.20. The van der Waals surface area contributed by atoms with E-state index in [-0.39, 0.29) is 0 Å². The van der Waals surface area contributed by atoms with Gasteiger partial charge in [-0.1, -0.05) is 30.3 Å². The number of guanidine groups is 1. The molecule has 1 fully saturated rings. The molecular weight excluding hydrogens is 274 g/mol. The Balaban J connectivity index is 1.52. The van der Waals surface area contributed by atoms with Gasteiger partial charge in [0, 0.05) is 20.1 Å². The second kappa shape index (κ2) is 7.16. The van der Waals surface area contributed by atoms with Gasteiger partial charge in [-0.25, -0.2) is 0 Å². The maximum atomic E-state index is 5.36. The maximum absolute atomic E-state index is 5.36. The molecule has 2 heterocycles. The Labute approximate surface area is 131 Å². The topological polar surface area (TPSA) is 40.8 Å². The lowest BCUT2D eigenvalue weighted by Gasteiger charge is -2.21. The third-order valence-corrected chi connectivity index (χ3v) is 4.17. The number of hydrogen-bond donors (Lipinski definition) is 1. The summed E-state index contributed by atoms with van der Waals surface area (Å²) in [6.45, 7) is 2.81. The molecule has 4 heteroatoms. The van der Waals surface area contributed by atoms with Crippen LogP contribution in [0.5, 0.6) is 0 Å². The van der Waals surface area contributed by atoms with Gasteiger partial charge in [0.05, 0.1) is 12.8 Å². The van der Waals surface area contributed by atoms with Gasteiger partial charge in [-0.2, -0.15) is 0 Å². The van der Waals surface area contributed by atoms with Crippen molar-refractivity contribution in [3.05, 3.63) is 60.1 Å². The van der Waals surface area contributed by atoms with Gasteiger partial charge in [0.2, 0.25) is 0 Å². The fourth-order valence-corrected chi connectivity index (χ4v) is 3.05. The lowest BCUT2D eigenvalue weighted by molar-refractivity contribution is 0.449. The first-order chi connectivity index (χ1) is 10.8. The van der Waals surface area contributed by atoms with E-state index < -0.39 is 0 Å². The van der Waals surface area contributed by atoms with Crippen molar-refractivity contribution in [1.29, 1.82) is 0 Å². The van der Waals surface area contributed by atoms with E-state index in [0.717, 1.165) is 31.2 Å². The predicted octanol–water partition coefficient (Wildman–Crippen LogP) is 2.92. The van der Waals surface area contributed by atoms with Crippen LogP contribution in [0.4, 0.5) is 0 Å². The molecule has 0 radical (unpaired) electrons. The molecule has 1 aromatic heterocycles. The van der Waals surface area contributed by atoms with Crippen molar-refractivity contribution in [1.82, 2.24) is 10.2 Å². The van der Waals surface area contributed by atoms with Crippen molar-refractivity contribution in [2.45, 2.75) is 19.4 Å². The van der Waals surface area contributed by atoms with Crippen LogP contribution >= 0.6 is 0 Å². The third-order valence-electron chi connectivity index (χ3n) is 4.17. The molecule has 0 aliphatic carbocycles. The second-order valence-electron chi connectivity index (χ2n) is 5.77. The van der Waals surface area contributed by atoms with Crippen molar-refractivity contribution in [2.75, 3.05) is 20.1 Å². The van der Waals surface area contributed by atoms with Crippen LogP contribution in [0.15, 0.2) is 58.1 Å². The van der Waals surface area contributed by atoms with Crippen LogP contribution in [0.3, 0.4) is 0 Å². The summed E-state index contributed by atoms with van der Waals surface area (Å²) in [5.41, 5.74) is 1.42. The lowest BCUT2D eigenvalue weighted by Crippen LogP contribution is -2.39. The molecule has 1 unspecified atom stereocenters. The molecule has 1 atom stereocenters. The SMILES string of the molecule is CN=C(NCc1ccco1)N1CCC(Cc2ccccc2)C1. The molecule has 1 N–H and O–H groups in total. The number of benzene rings is 1. The Bertz CT molecular complexity index is 592. The summed E-state index contributed by atoms with van der Waals surface area (Å²) >= 11 is 0. The Hall–Kier alpha value is -2.23. The van der Waals surface area contributed by atoms with Crippen molar-refractivity contribution in [3.8, 4) is 0 Å². The molecule has 3 rings (SSSR count). The molecule has 1 aromatic carbocycles. The number of likely N-dealkylation sites (tertiary alicyclic amines) is 1. The minimum absolute atomic E-state index is 0.680. The molecule has 2 aromatic rings. The van der Waals surface area contributed by atoms with E-state index in [9.17, 15) is 0 Å². The number of hydrogen-bond acceptors (Lipinski definition) is 2. The summed E-state index contributed by atoms with van der Waals surface area (Å²) in [4.78, 5) is 6.74. The summed E-state index contributed by atoms with van der Waals surface area (Å²) in [6, 6.07) is 14.6. The van der Waals surface area contributed by atoms with Crippen molar-refractivity contribution in [2.24, 2.45) is 10.9 Å². The van der Waals surface area contributed by atoms with E-state index in [4.69, 9.17) is 4.42 Å². The van der Waals surface area contributed by atoms with Crippen LogP contribution in [0.1, 0.15) is 17.7 Å². The lowest BCUT2D eigenvalue weighted by atomic mass is 9.99. The first-order valence-electron chi connectivity index (χ1n) is 7.87. The van der Waals surface area contributed by atoms with Crippen LogP contribution in [-0.2, 0) is 13.0 Å². The fraction of sp³-hybridized carbons (Fsp3) is 0.389. The van der Waals surface area contributed by atoms with E-state index >= 15 is 0 Å². The molecule has 116 valence electrons. The molecule has 22 heavy (non-hydrogen) atoms. The van der Waals surface area contributed by atoms with Crippen LogP contribution in [0.25, 0.3) is 0 Å². The standard InChI is InChI=1S/C18H23N3O/c1-19-18(20-13-17-8-5-11-22-17)21-10-9-16(14-21)12-15-6-3-2-4-7-15/h2-8,11,16H,9-10,12-14H2,1H3,(H,19,20). The number of nitrogens with zero attached hydrogens (tertiary/aromatic N) is 2. The van der Waals surface area contributed by atoms with Crippen LogP contribution in [0.2, 0.25) is 0 Å². The van der Waals surface area contributed by atoms with Gasteiger partial charge in [-0.05, 0) is 36.5 Å². The molecular formula is C18H23N3O. The quantitative estimate of drug-likeness (QED) is 0.697. The molecule has 1 saturated heterocycles. The minimum Gasteiger partial charge on any atom is -0.467 e. The smallest absolute Gasteiger partial charge is 0.194 e. The molecule has 0 saturated carbocycles. The molecule has 4 nitrogen and oxygen atoms in total. The maximum Gasteiger partial charge on any atom is 0.194 e. The van der Waals surface area contributed by atoms with Gasteiger partial charge in [-0.3, -0.25) is 4.99 Å². The van der Waals surface area contributed by atoms with E-state index in [1.54, 1.807) is 6.26 Å². The van der Waals surface area contributed by atoms with Gasteiger partial charge in [0.15, 0.2) is 5.96 Å². The van der Waals surface area contributed by atoms with Crippen molar-refractivity contribution >= 4 is 5.96 Å². The molecule has 0 bridgehead atoms. The largest absolute Gasteiger partial charge is 0.467 e. The average molecular weight is 297 g/mol. The Kier molecular flexibility index (Phi) is 4.78. The zero-order valence-electron chi connectivity index (χ0n) is 13.0. The van der Waals surface area contributed by atoms with E-state index in [1.807, 2.05) is 19.2 Å². The van der Waals surface area contributed by atoms with Crippen LogP contribution in [-0.4, -0.2) is 31.0 Å². The highest BCUT2D eigenvalue weighted by atomic mass is 16.3.